The second kappa shape index (κ2) is 15.3. The van der Waals surface area contributed by atoms with Crippen molar-refractivity contribution in [2.24, 2.45) is 0 Å². The molecule has 2 N–H and O–H groups in total. The number of carboxylic acid groups (broad SMARTS) is 2. The molecule has 1 aromatic carbocycles. The van der Waals surface area contributed by atoms with Crippen LogP contribution in [0.25, 0.3) is 0 Å². The van der Waals surface area contributed by atoms with E-state index in [1.807, 2.05) is 0 Å². The fourth-order valence-electron chi connectivity index (χ4n) is 2.43. The number of carbonyl (C=O) groups is 5. The van der Waals surface area contributed by atoms with Crippen LogP contribution in [0.5, 0.6) is 5.75 Å². The van der Waals surface area contributed by atoms with Gasteiger partial charge < -0.3 is 29.2 Å². The van der Waals surface area contributed by atoms with Crippen molar-refractivity contribution in [2.45, 2.75) is 59.0 Å². The van der Waals surface area contributed by atoms with Crippen LogP contribution in [0.2, 0.25) is 0 Å². The summed E-state index contributed by atoms with van der Waals surface area (Å²) in [6.07, 6.45) is 0.0860. The van der Waals surface area contributed by atoms with Crippen molar-refractivity contribution in [3.63, 3.8) is 0 Å². The van der Waals surface area contributed by atoms with E-state index in [-0.39, 0.29) is 18.7 Å². The molecule has 0 saturated carbocycles. The Morgan fingerprint density at radius 3 is 1.94 bits per heavy atom. The third-order valence-electron chi connectivity index (χ3n) is 3.41. The minimum Gasteiger partial charge on any atom is -0.481 e. The van der Waals surface area contributed by atoms with Crippen LogP contribution >= 0.6 is 0 Å². The molecule has 1 aromatic rings. The summed E-state index contributed by atoms with van der Waals surface area (Å²) in [6.45, 7) is 4.89. The molecule has 3 atom stereocenters. The Balaban J connectivity index is 0.00000104. The van der Waals surface area contributed by atoms with E-state index >= 15 is 0 Å². The monoisotopic (exact) mass is 456 g/mol. The number of hydrogen-bond donors (Lipinski definition) is 2. The highest BCUT2D eigenvalue weighted by atomic mass is 16.7. The van der Waals surface area contributed by atoms with E-state index in [1.165, 1.54) is 13.8 Å². The van der Waals surface area contributed by atoms with Crippen LogP contribution in [0.4, 0.5) is 0 Å². The quantitative estimate of drug-likeness (QED) is 0.476. The number of benzene rings is 1. The number of hydrogen-bond acceptors (Lipinski definition) is 9. The smallest absolute Gasteiger partial charge is 0.302 e. The zero-order valence-electron chi connectivity index (χ0n) is 18.3. The lowest BCUT2D eigenvalue weighted by Gasteiger charge is -2.34. The van der Waals surface area contributed by atoms with Gasteiger partial charge in [0.15, 0.2) is 0 Å². The molecular weight excluding hydrogens is 428 g/mol. The Labute approximate surface area is 185 Å². The summed E-state index contributed by atoms with van der Waals surface area (Å²) >= 11 is 0. The van der Waals surface area contributed by atoms with Gasteiger partial charge in [0.1, 0.15) is 24.7 Å². The van der Waals surface area contributed by atoms with Crippen molar-refractivity contribution in [1.82, 2.24) is 0 Å². The molecule has 1 aliphatic rings. The average molecular weight is 456 g/mol. The molecule has 178 valence electrons. The first-order valence-electron chi connectivity index (χ1n) is 9.49. The summed E-state index contributed by atoms with van der Waals surface area (Å²) in [5.41, 5.74) is 0.539. The standard InChI is InChI=1S/C17H20O7.2C2H4O2/c1-11(19)21-10-16-7-15(22-12(2)20)8-17(24-16)23-14-5-3-13(9-18)4-6-14;2*1-2(3)4/h3-6,9,15-17H,7-8,10H2,1-2H3;2*1H3,(H,3,4). The van der Waals surface area contributed by atoms with E-state index in [2.05, 4.69) is 0 Å². The fraction of sp³-hybridized carbons (Fsp3) is 0.476. The third kappa shape index (κ3) is 15.4. The van der Waals surface area contributed by atoms with Crippen LogP contribution in [0, 0.1) is 0 Å². The van der Waals surface area contributed by atoms with Gasteiger partial charge in [-0.2, -0.15) is 0 Å². The maximum atomic E-state index is 11.2. The number of ether oxygens (including phenoxy) is 4. The molecule has 0 aliphatic carbocycles. The molecule has 0 bridgehead atoms. The molecule has 1 saturated heterocycles. The topological polar surface area (TPSA) is 163 Å². The van der Waals surface area contributed by atoms with Gasteiger partial charge in [0.05, 0.1) is 6.10 Å². The largest absolute Gasteiger partial charge is 0.481 e. The van der Waals surface area contributed by atoms with E-state index in [0.29, 0.717) is 24.2 Å². The maximum absolute atomic E-state index is 11.2. The molecular formula is C21H28O11. The number of carboxylic acids is 2. The molecule has 11 nitrogen and oxygen atoms in total. The highest BCUT2D eigenvalue weighted by Gasteiger charge is 2.33. The fourth-order valence-corrected chi connectivity index (χ4v) is 2.43. The Bertz CT molecular complexity index is 738. The Hall–Kier alpha value is -3.47. The number of aliphatic carboxylic acids is 2. The zero-order chi connectivity index (χ0) is 24.7. The van der Waals surface area contributed by atoms with Crippen LogP contribution in [-0.4, -0.2) is 65.5 Å². The molecule has 3 unspecified atom stereocenters. The number of carbonyl (C=O) groups excluding carboxylic acids is 3. The summed E-state index contributed by atoms with van der Waals surface area (Å²) in [4.78, 5) is 50.8. The van der Waals surface area contributed by atoms with E-state index in [1.54, 1.807) is 24.3 Å². The molecule has 0 spiro atoms. The Morgan fingerprint density at radius 2 is 1.50 bits per heavy atom. The van der Waals surface area contributed by atoms with E-state index < -0.39 is 30.3 Å². The van der Waals surface area contributed by atoms with Crippen LogP contribution < -0.4 is 4.74 Å². The molecule has 0 amide bonds. The van der Waals surface area contributed by atoms with Gasteiger partial charge in [0.2, 0.25) is 6.29 Å². The second-order valence-corrected chi connectivity index (χ2v) is 6.54. The Morgan fingerprint density at radius 1 is 0.969 bits per heavy atom. The van der Waals surface area contributed by atoms with Gasteiger partial charge in [-0.25, -0.2) is 0 Å². The predicted molar refractivity (Wildman–Crippen MR) is 109 cm³/mol. The zero-order valence-corrected chi connectivity index (χ0v) is 18.3. The van der Waals surface area contributed by atoms with Gasteiger partial charge in [0, 0.05) is 46.1 Å². The normalized spacial score (nSPS) is 18.9. The molecule has 11 heteroatoms. The van der Waals surface area contributed by atoms with Crippen molar-refractivity contribution in [1.29, 1.82) is 0 Å². The maximum Gasteiger partial charge on any atom is 0.302 e. The highest BCUT2D eigenvalue weighted by molar-refractivity contribution is 5.74. The number of aldehydes is 1. The molecule has 1 fully saturated rings. The minimum absolute atomic E-state index is 0.0665. The van der Waals surface area contributed by atoms with Crippen molar-refractivity contribution >= 4 is 30.2 Å². The van der Waals surface area contributed by atoms with Crippen molar-refractivity contribution in [3.8, 4) is 5.75 Å². The number of rotatable bonds is 6. The Kier molecular flexibility index (Phi) is 13.7. The molecule has 0 radical (unpaired) electrons. The van der Waals surface area contributed by atoms with Gasteiger partial charge in [-0.05, 0) is 24.3 Å². The van der Waals surface area contributed by atoms with Crippen LogP contribution in [0.15, 0.2) is 24.3 Å². The first kappa shape index (κ1) is 28.5. The first-order chi connectivity index (χ1) is 14.9. The van der Waals surface area contributed by atoms with Gasteiger partial charge in [-0.1, -0.05) is 0 Å². The summed E-state index contributed by atoms with van der Waals surface area (Å²) in [5, 5.41) is 14.8. The molecule has 2 rings (SSSR count). The molecule has 1 heterocycles. The molecule has 0 aromatic heterocycles. The van der Waals surface area contributed by atoms with E-state index in [0.717, 1.165) is 20.1 Å². The summed E-state index contributed by atoms with van der Waals surface area (Å²) in [7, 11) is 0. The van der Waals surface area contributed by atoms with Gasteiger partial charge in [-0.3, -0.25) is 24.0 Å². The van der Waals surface area contributed by atoms with Crippen molar-refractivity contribution < 1.29 is 53.1 Å². The van der Waals surface area contributed by atoms with Gasteiger partial charge >= 0.3 is 11.9 Å². The number of esters is 2. The minimum atomic E-state index is -0.833. The SMILES string of the molecule is CC(=O)O.CC(=O)O.CC(=O)OCC1CC(OC(C)=O)CC(Oc2ccc(C=O)cc2)O1. The molecule has 32 heavy (non-hydrogen) atoms. The second-order valence-electron chi connectivity index (χ2n) is 6.54. The lowest BCUT2D eigenvalue weighted by molar-refractivity contribution is -0.201. The van der Waals surface area contributed by atoms with Gasteiger partial charge in [-0.15, -0.1) is 0 Å². The first-order valence-corrected chi connectivity index (χ1v) is 9.49. The highest BCUT2D eigenvalue weighted by Crippen LogP contribution is 2.25. The van der Waals surface area contributed by atoms with Crippen LogP contribution in [0.3, 0.4) is 0 Å². The van der Waals surface area contributed by atoms with Crippen LogP contribution in [0.1, 0.15) is 50.9 Å². The van der Waals surface area contributed by atoms with E-state index in [4.69, 9.17) is 38.7 Å². The lowest BCUT2D eigenvalue weighted by Crippen LogP contribution is -2.42. The summed E-state index contributed by atoms with van der Waals surface area (Å²) in [5.74, 6) is -1.93. The summed E-state index contributed by atoms with van der Waals surface area (Å²) < 4.78 is 21.7. The van der Waals surface area contributed by atoms with E-state index in [9.17, 15) is 14.4 Å². The third-order valence-corrected chi connectivity index (χ3v) is 3.41. The average Bonchev–Trinajstić information content (AvgIpc) is 2.65. The molecule has 1 aliphatic heterocycles. The summed E-state index contributed by atoms with van der Waals surface area (Å²) in [6, 6.07) is 6.57. The van der Waals surface area contributed by atoms with Gasteiger partial charge in [0.25, 0.3) is 11.9 Å². The van der Waals surface area contributed by atoms with Crippen molar-refractivity contribution in [2.75, 3.05) is 6.61 Å². The lowest BCUT2D eigenvalue weighted by atomic mass is 10.1. The predicted octanol–water partition coefficient (Wildman–Crippen LogP) is 2.06. The van der Waals surface area contributed by atoms with Crippen LogP contribution in [-0.2, 0) is 33.4 Å². The van der Waals surface area contributed by atoms with Crippen molar-refractivity contribution in [3.05, 3.63) is 29.8 Å².